The van der Waals surface area contributed by atoms with Crippen LogP contribution < -0.4 is 14.9 Å². The monoisotopic (exact) mass is 440 g/mol. The third-order valence-electron chi connectivity index (χ3n) is 5.38. The Kier molecular flexibility index (Phi) is 5.69. The van der Waals surface area contributed by atoms with Crippen molar-refractivity contribution in [3.63, 3.8) is 0 Å². The Morgan fingerprint density at radius 1 is 1.13 bits per heavy atom. The molecule has 0 fully saturated rings. The number of aromatic amines is 1. The number of aromatic nitrogens is 1. The standard InChI is InChI=1S/C22H24N4O4S/c1-31(29,30)26-12-4-5-15-8-9-17(13-20(15)26)25-22(28)21(27)23-11-10-16-14-24-19-7-3-2-6-18(16)19/h2-3,6-9,13-14,24H,4-5,10-12H2,1H3,(H,23,27)(H,25,28). The van der Waals surface area contributed by atoms with Crippen molar-refractivity contribution in [3.8, 4) is 0 Å². The molecule has 4 rings (SSSR count). The molecule has 0 aliphatic carbocycles. The number of nitrogens with one attached hydrogen (secondary N) is 3. The van der Waals surface area contributed by atoms with Crippen LogP contribution in [-0.4, -0.2) is 44.6 Å². The van der Waals surface area contributed by atoms with Crippen molar-refractivity contribution in [3.05, 3.63) is 59.8 Å². The lowest BCUT2D eigenvalue weighted by Gasteiger charge is -2.29. The first-order chi connectivity index (χ1) is 14.8. The SMILES string of the molecule is CS(=O)(=O)N1CCCc2ccc(NC(=O)C(=O)NCCc3c[nH]c4ccccc34)cc21. The van der Waals surface area contributed by atoms with Crippen LogP contribution in [0.5, 0.6) is 0 Å². The predicted octanol–water partition coefficient (Wildman–Crippen LogP) is 2.18. The van der Waals surface area contributed by atoms with Crippen LogP contribution in [0.15, 0.2) is 48.7 Å². The molecule has 0 bridgehead atoms. The fraction of sp³-hybridized carbons (Fsp3) is 0.273. The van der Waals surface area contributed by atoms with E-state index in [1.54, 1.807) is 18.2 Å². The lowest BCUT2D eigenvalue weighted by molar-refractivity contribution is -0.136. The number of hydrogen-bond donors (Lipinski definition) is 3. The molecule has 162 valence electrons. The van der Waals surface area contributed by atoms with Crippen LogP contribution in [0.1, 0.15) is 17.5 Å². The number of amides is 2. The third kappa shape index (κ3) is 4.56. The summed E-state index contributed by atoms with van der Waals surface area (Å²) in [5.41, 5.74) is 3.92. The molecule has 1 aliphatic rings. The van der Waals surface area contributed by atoms with Crippen LogP contribution in [0.4, 0.5) is 11.4 Å². The number of sulfonamides is 1. The molecule has 0 saturated heterocycles. The Labute approximate surface area is 180 Å². The Balaban J connectivity index is 1.37. The molecular weight excluding hydrogens is 416 g/mol. The van der Waals surface area contributed by atoms with Crippen molar-refractivity contribution < 1.29 is 18.0 Å². The Morgan fingerprint density at radius 2 is 1.94 bits per heavy atom. The second-order valence-electron chi connectivity index (χ2n) is 7.60. The van der Waals surface area contributed by atoms with Gasteiger partial charge >= 0.3 is 11.8 Å². The third-order valence-corrected chi connectivity index (χ3v) is 6.56. The lowest BCUT2D eigenvalue weighted by Crippen LogP contribution is -2.37. The van der Waals surface area contributed by atoms with Gasteiger partial charge < -0.3 is 15.6 Å². The van der Waals surface area contributed by atoms with Crippen LogP contribution in [0.25, 0.3) is 10.9 Å². The van der Waals surface area contributed by atoms with Crippen molar-refractivity contribution in [2.45, 2.75) is 19.3 Å². The number of aryl methyl sites for hydroxylation is 1. The van der Waals surface area contributed by atoms with Crippen LogP contribution in [0.2, 0.25) is 0 Å². The first-order valence-corrected chi connectivity index (χ1v) is 11.9. The van der Waals surface area contributed by atoms with E-state index in [0.29, 0.717) is 30.9 Å². The maximum Gasteiger partial charge on any atom is 0.313 e. The molecule has 2 heterocycles. The van der Waals surface area contributed by atoms with Gasteiger partial charge in [-0.25, -0.2) is 8.42 Å². The fourth-order valence-electron chi connectivity index (χ4n) is 3.88. The average molecular weight is 441 g/mol. The van der Waals surface area contributed by atoms with Crippen molar-refractivity contribution >= 4 is 44.1 Å². The Bertz CT molecular complexity index is 1250. The molecule has 2 amide bonds. The summed E-state index contributed by atoms with van der Waals surface area (Å²) in [6, 6.07) is 13.0. The van der Waals surface area contributed by atoms with Crippen molar-refractivity contribution in [1.29, 1.82) is 0 Å². The zero-order valence-corrected chi connectivity index (χ0v) is 18.0. The first kappa shape index (κ1) is 20.9. The van der Waals surface area contributed by atoms with Gasteiger partial charge in [0.25, 0.3) is 0 Å². The Morgan fingerprint density at radius 3 is 2.74 bits per heavy atom. The first-order valence-electron chi connectivity index (χ1n) is 10.1. The molecule has 1 aromatic heterocycles. The molecule has 0 saturated carbocycles. The molecule has 1 aliphatic heterocycles. The number of carbonyl (C=O) groups is 2. The highest BCUT2D eigenvalue weighted by Crippen LogP contribution is 2.31. The quantitative estimate of drug-likeness (QED) is 0.528. The maximum atomic E-state index is 12.3. The van der Waals surface area contributed by atoms with Crippen molar-refractivity contribution in [2.75, 3.05) is 29.0 Å². The van der Waals surface area contributed by atoms with Gasteiger partial charge in [0.1, 0.15) is 0 Å². The van der Waals surface area contributed by atoms with E-state index < -0.39 is 21.8 Å². The van der Waals surface area contributed by atoms with Gasteiger partial charge in [0.05, 0.1) is 11.9 Å². The number of carbonyl (C=O) groups excluding carboxylic acids is 2. The van der Waals surface area contributed by atoms with E-state index in [9.17, 15) is 18.0 Å². The van der Waals surface area contributed by atoms with E-state index in [2.05, 4.69) is 15.6 Å². The second kappa shape index (κ2) is 8.43. The summed E-state index contributed by atoms with van der Waals surface area (Å²) >= 11 is 0. The molecule has 3 aromatic rings. The fourth-order valence-corrected chi connectivity index (χ4v) is 4.87. The van der Waals surface area contributed by atoms with Crippen molar-refractivity contribution in [1.82, 2.24) is 10.3 Å². The summed E-state index contributed by atoms with van der Waals surface area (Å²) in [5, 5.41) is 6.28. The van der Waals surface area contributed by atoms with Crippen LogP contribution >= 0.6 is 0 Å². The molecule has 8 nitrogen and oxygen atoms in total. The topological polar surface area (TPSA) is 111 Å². The molecule has 3 N–H and O–H groups in total. The van der Waals surface area contributed by atoms with Crippen LogP contribution in [-0.2, 0) is 32.5 Å². The van der Waals surface area contributed by atoms with E-state index in [-0.39, 0.29) is 0 Å². The molecule has 2 aromatic carbocycles. The number of para-hydroxylation sites is 1. The summed E-state index contributed by atoms with van der Waals surface area (Å²) < 4.78 is 25.5. The lowest BCUT2D eigenvalue weighted by atomic mass is 10.0. The molecule has 9 heteroatoms. The minimum absolute atomic E-state index is 0.320. The molecule has 0 spiro atoms. The zero-order chi connectivity index (χ0) is 22.0. The number of fused-ring (bicyclic) bond motifs is 2. The highest BCUT2D eigenvalue weighted by Gasteiger charge is 2.24. The Hall–Kier alpha value is -3.33. The summed E-state index contributed by atoms with van der Waals surface area (Å²) in [6.45, 7) is 0.720. The molecule has 0 radical (unpaired) electrons. The minimum Gasteiger partial charge on any atom is -0.361 e. The van der Waals surface area contributed by atoms with Crippen LogP contribution in [0, 0.1) is 0 Å². The summed E-state index contributed by atoms with van der Waals surface area (Å²) in [7, 11) is -3.41. The largest absolute Gasteiger partial charge is 0.361 e. The van der Waals surface area contributed by atoms with Crippen molar-refractivity contribution in [2.24, 2.45) is 0 Å². The van der Waals surface area contributed by atoms with Gasteiger partial charge in [-0.3, -0.25) is 13.9 Å². The summed E-state index contributed by atoms with van der Waals surface area (Å²) in [6.07, 6.45) is 5.16. The summed E-state index contributed by atoms with van der Waals surface area (Å²) in [5.74, 6) is -1.53. The molecular formula is C22H24N4O4S. The van der Waals surface area contributed by atoms with Gasteiger partial charge in [-0.05, 0) is 48.6 Å². The van der Waals surface area contributed by atoms with E-state index in [0.717, 1.165) is 41.1 Å². The number of nitrogens with zero attached hydrogens (tertiary/aromatic N) is 1. The van der Waals surface area contributed by atoms with Gasteiger partial charge in [0.15, 0.2) is 0 Å². The number of hydrogen-bond acceptors (Lipinski definition) is 4. The second-order valence-corrected chi connectivity index (χ2v) is 9.51. The van der Waals surface area contributed by atoms with E-state index >= 15 is 0 Å². The summed E-state index contributed by atoms with van der Waals surface area (Å²) in [4.78, 5) is 27.7. The smallest absolute Gasteiger partial charge is 0.313 e. The highest BCUT2D eigenvalue weighted by atomic mass is 32.2. The van der Waals surface area contributed by atoms with Gasteiger partial charge in [-0.2, -0.15) is 0 Å². The van der Waals surface area contributed by atoms with Gasteiger partial charge in [0.2, 0.25) is 10.0 Å². The predicted molar refractivity (Wildman–Crippen MR) is 121 cm³/mol. The van der Waals surface area contributed by atoms with Gasteiger partial charge in [0, 0.05) is 35.9 Å². The van der Waals surface area contributed by atoms with E-state index in [1.807, 2.05) is 30.5 Å². The number of benzene rings is 2. The maximum absolute atomic E-state index is 12.3. The number of H-pyrrole nitrogens is 1. The normalized spacial score (nSPS) is 13.6. The number of rotatable bonds is 5. The van der Waals surface area contributed by atoms with E-state index in [4.69, 9.17) is 0 Å². The van der Waals surface area contributed by atoms with Gasteiger partial charge in [-0.15, -0.1) is 0 Å². The molecule has 31 heavy (non-hydrogen) atoms. The van der Waals surface area contributed by atoms with Crippen LogP contribution in [0.3, 0.4) is 0 Å². The van der Waals surface area contributed by atoms with Gasteiger partial charge in [-0.1, -0.05) is 24.3 Å². The molecule has 0 atom stereocenters. The average Bonchev–Trinajstić information content (AvgIpc) is 3.15. The molecule has 0 unspecified atom stereocenters. The highest BCUT2D eigenvalue weighted by molar-refractivity contribution is 7.92. The number of anilines is 2. The zero-order valence-electron chi connectivity index (χ0n) is 17.1. The minimum atomic E-state index is -3.41. The van der Waals surface area contributed by atoms with E-state index in [1.165, 1.54) is 4.31 Å².